The van der Waals surface area contributed by atoms with Gasteiger partial charge in [-0.1, -0.05) is 6.92 Å². The van der Waals surface area contributed by atoms with E-state index in [0.717, 1.165) is 25.1 Å². The zero-order valence-corrected chi connectivity index (χ0v) is 9.16. The highest BCUT2D eigenvalue weighted by Gasteiger charge is 2.18. The zero-order chi connectivity index (χ0) is 10.7. The molecule has 4 nitrogen and oxygen atoms in total. The molecule has 1 unspecified atom stereocenters. The molecule has 0 bridgehead atoms. The monoisotopic (exact) mass is 206 g/mol. The Bertz CT molecular complexity index is 333. The molecule has 0 amide bonds. The van der Waals surface area contributed by atoms with E-state index in [0.29, 0.717) is 12.6 Å². The number of nitrogens with zero attached hydrogens (tertiary/aromatic N) is 2. The first kappa shape index (κ1) is 10.4. The lowest BCUT2D eigenvalue weighted by Gasteiger charge is -2.17. The zero-order valence-electron chi connectivity index (χ0n) is 9.16. The van der Waals surface area contributed by atoms with E-state index in [-0.39, 0.29) is 0 Å². The number of nitrogens with one attached hydrogen (secondary N) is 1. The van der Waals surface area contributed by atoms with Gasteiger partial charge in [-0.2, -0.15) is 0 Å². The van der Waals surface area contributed by atoms with Gasteiger partial charge in [-0.3, -0.25) is 0 Å². The first-order chi connectivity index (χ1) is 7.35. The molecule has 1 aromatic rings. The lowest BCUT2D eigenvalue weighted by molar-refractivity contribution is 0.698. The van der Waals surface area contributed by atoms with Crippen molar-refractivity contribution in [2.75, 3.05) is 11.9 Å². The van der Waals surface area contributed by atoms with E-state index in [1.165, 1.54) is 17.7 Å². The molecule has 4 heteroatoms. The lowest BCUT2D eigenvalue weighted by atomic mass is 10.2. The molecule has 0 radical (unpaired) electrons. The normalized spacial score (nSPS) is 16.1. The van der Waals surface area contributed by atoms with E-state index in [2.05, 4.69) is 22.2 Å². The number of rotatable bonds is 4. The fourth-order valence-corrected chi connectivity index (χ4v) is 2.00. The van der Waals surface area contributed by atoms with Crippen molar-refractivity contribution in [1.82, 2.24) is 9.97 Å². The average molecular weight is 206 g/mol. The standard InChI is InChI=1S/C11H18N4/c1-2-8(6-12)15-11-9-4-3-5-10(9)13-7-14-11/h7-8H,2-6,12H2,1H3,(H,13,14,15). The minimum Gasteiger partial charge on any atom is -0.366 e. The van der Waals surface area contributed by atoms with Crippen LogP contribution in [0.25, 0.3) is 0 Å². The fourth-order valence-electron chi connectivity index (χ4n) is 2.00. The van der Waals surface area contributed by atoms with Crippen molar-refractivity contribution in [2.24, 2.45) is 5.73 Å². The van der Waals surface area contributed by atoms with E-state index in [9.17, 15) is 0 Å². The first-order valence-corrected chi connectivity index (χ1v) is 5.64. The molecule has 1 atom stereocenters. The molecule has 3 N–H and O–H groups in total. The maximum Gasteiger partial charge on any atom is 0.133 e. The van der Waals surface area contributed by atoms with Gasteiger partial charge in [-0.15, -0.1) is 0 Å². The molecule has 1 heterocycles. The van der Waals surface area contributed by atoms with Gasteiger partial charge in [0.2, 0.25) is 0 Å². The summed E-state index contributed by atoms with van der Waals surface area (Å²) < 4.78 is 0. The minimum atomic E-state index is 0.324. The van der Waals surface area contributed by atoms with Crippen molar-refractivity contribution in [2.45, 2.75) is 38.6 Å². The molecule has 15 heavy (non-hydrogen) atoms. The van der Waals surface area contributed by atoms with E-state index in [1.807, 2.05) is 0 Å². The Hall–Kier alpha value is -1.16. The van der Waals surface area contributed by atoms with Crippen LogP contribution in [0, 0.1) is 0 Å². The van der Waals surface area contributed by atoms with Crippen molar-refractivity contribution < 1.29 is 0 Å². The van der Waals surface area contributed by atoms with Gasteiger partial charge in [-0.25, -0.2) is 9.97 Å². The van der Waals surface area contributed by atoms with E-state index in [1.54, 1.807) is 6.33 Å². The third-order valence-electron chi connectivity index (χ3n) is 2.99. The predicted octanol–water partition coefficient (Wildman–Crippen LogP) is 1.11. The highest BCUT2D eigenvalue weighted by molar-refractivity contribution is 5.48. The molecule has 1 aromatic heterocycles. The highest BCUT2D eigenvalue weighted by Crippen LogP contribution is 2.25. The molecule has 1 aliphatic carbocycles. The van der Waals surface area contributed by atoms with Crippen LogP contribution >= 0.6 is 0 Å². The lowest BCUT2D eigenvalue weighted by Crippen LogP contribution is -2.28. The van der Waals surface area contributed by atoms with Crippen LogP contribution in [0.4, 0.5) is 5.82 Å². The van der Waals surface area contributed by atoms with Gasteiger partial charge in [-0.05, 0) is 25.7 Å². The highest BCUT2D eigenvalue weighted by atomic mass is 15.0. The molecule has 0 fully saturated rings. The number of aryl methyl sites for hydroxylation is 1. The number of fused-ring (bicyclic) bond motifs is 1. The van der Waals surface area contributed by atoms with Crippen molar-refractivity contribution in [3.8, 4) is 0 Å². The minimum absolute atomic E-state index is 0.324. The van der Waals surface area contributed by atoms with Gasteiger partial charge in [0.1, 0.15) is 12.1 Å². The van der Waals surface area contributed by atoms with Gasteiger partial charge in [0.25, 0.3) is 0 Å². The number of hydrogen-bond donors (Lipinski definition) is 2. The summed E-state index contributed by atoms with van der Waals surface area (Å²) in [5.41, 5.74) is 8.17. The van der Waals surface area contributed by atoms with Crippen molar-refractivity contribution in [3.63, 3.8) is 0 Å². The Labute approximate surface area is 90.3 Å². The van der Waals surface area contributed by atoms with Crippen LogP contribution in [-0.4, -0.2) is 22.6 Å². The van der Waals surface area contributed by atoms with Crippen LogP contribution < -0.4 is 11.1 Å². The van der Waals surface area contributed by atoms with Crippen LogP contribution in [0.15, 0.2) is 6.33 Å². The first-order valence-electron chi connectivity index (χ1n) is 5.64. The van der Waals surface area contributed by atoms with Crippen molar-refractivity contribution in [1.29, 1.82) is 0 Å². The summed E-state index contributed by atoms with van der Waals surface area (Å²) >= 11 is 0. The Morgan fingerprint density at radius 2 is 2.33 bits per heavy atom. The molecule has 0 spiro atoms. The molecule has 0 aromatic carbocycles. The van der Waals surface area contributed by atoms with Crippen molar-refractivity contribution >= 4 is 5.82 Å². The number of anilines is 1. The Morgan fingerprint density at radius 1 is 1.47 bits per heavy atom. The molecule has 2 rings (SSSR count). The van der Waals surface area contributed by atoms with Crippen molar-refractivity contribution in [3.05, 3.63) is 17.6 Å². The van der Waals surface area contributed by atoms with Crippen LogP contribution in [-0.2, 0) is 12.8 Å². The van der Waals surface area contributed by atoms with Gasteiger partial charge in [0.15, 0.2) is 0 Å². The summed E-state index contributed by atoms with van der Waals surface area (Å²) in [7, 11) is 0. The molecular weight excluding hydrogens is 188 g/mol. The third-order valence-corrected chi connectivity index (χ3v) is 2.99. The van der Waals surface area contributed by atoms with Crippen LogP contribution in [0.1, 0.15) is 31.0 Å². The van der Waals surface area contributed by atoms with Crippen LogP contribution in [0.3, 0.4) is 0 Å². The maximum atomic E-state index is 5.67. The smallest absolute Gasteiger partial charge is 0.133 e. The second kappa shape index (κ2) is 4.57. The average Bonchev–Trinajstić information content (AvgIpc) is 2.74. The Balaban J connectivity index is 2.18. The van der Waals surface area contributed by atoms with Crippen LogP contribution in [0.2, 0.25) is 0 Å². The summed E-state index contributed by atoms with van der Waals surface area (Å²) in [6.45, 7) is 2.78. The third kappa shape index (κ3) is 2.09. The van der Waals surface area contributed by atoms with E-state index >= 15 is 0 Å². The van der Waals surface area contributed by atoms with Gasteiger partial charge in [0, 0.05) is 23.8 Å². The largest absolute Gasteiger partial charge is 0.366 e. The molecule has 1 aliphatic rings. The van der Waals surface area contributed by atoms with E-state index in [4.69, 9.17) is 5.73 Å². The maximum absolute atomic E-state index is 5.67. The van der Waals surface area contributed by atoms with Gasteiger partial charge >= 0.3 is 0 Å². The molecule has 0 saturated heterocycles. The quantitative estimate of drug-likeness (QED) is 0.774. The topological polar surface area (TPSA) is 63.8 Å². The Morgan fingerprint density at radius 3 is 3.07 bits per heavy atom. The summed E-state index contributed by atoms with van der Waals surface area (Å²) in [6.07, 6.45) is 6.05. The molecular formula is C11H18N4. The van der Waals surface area contributed by atoms with Gasteiger partial charge in [0.05, 0.1) is 0 Å². The van der Waals surface area contributed by atoms with Crippen LogP contribution in [0.5, 0.6) is 0 Å². The molecule has 0 saturated carbocycles. The number of aromatic nitrogens is 2. The predicted molar refractivity (Wildman–Crippen MR) is 60.8 cm³/mol. The summed E-state index contributed by atoms with van der Waals surface area (Å²) in [4.78, 5) is 8.60. The molecule has 82 valence electrons. The van der Waals surface area contributed by atoms with Gasteiger partial charge < -0.3 is 11.1 Å². The second-order valence-corrected chi connectivity index (χ2v) is 3.99. The Kier molecular flexibility index (Phi) is 3.16. The number of nitrogens with two attached hydrogens (primary N) is 1. The summed E-state index contributed by atoms with van der Waals surface area (Å²) in [6, 6.07) is 0.324. The van der Waals surface area contributed by atoms with E-state index < -0.39 is 0 Å². The molecule has 0 aliphatic heterocycles. The number of hydrogen-bond acceptors (Lipinski definition) is 4. The summed E-state index contributed by atoms with van der Waals surface area (Å²) in [5.74, 6) is 0.995. The fraction of sp³-hybridized carbons (Fsp3) is 0.636. The second-order valence-electron chi connectivity index (χ2n) is 3.99. The summed E-state index contributed by atoms with van der Waals surface area (Å²) in [5, 5.41) is 3.40. The SMILES string of the molecule is CCC(CN)Nc1ncnc2c1CCC2.